The fourth-order valence-corrected chi connectivity index (χ4v) is 7.19. The van der Waals surface area contributed by atoms with E-state index in [-0.39, 0.29) is 47.8 Å². The largest absolute Gasteiger partial charge is 0.506 e. The van der Waals surface area contributed by atoms with Gasteiger partial charge in [0.2, 0.25) is 17.7 Å². The molecule has 14 heteroatoms. The third kappa shape index (κ3) is 9.29. The molecule has 240 valence electrons. The Hall–Kier alpha value is -2.42. The van der Waals surface area contributed by atoms with Gasteiger partial charge in [0.15, 0.2) is 5.96 Å². The van der Waals surface area contributed by atoms with Crippen LogP contribution < -0.4 is 22.1 Å². The average Bonchev–Trinajstić information content (AvgIpc) is 3.33. The van der Waals surface area contributed by atoms with Crippen LogP contribution in [0.2, 0.25) is 0 Å². The quantitative estimate of drug-likeness (QED) is 0.0901. The Bertz CT molecular complexity index is 1160. The standard InChI is InChI=1S/C29H44Br2N6O6/c1-3-15(2)24(36-27(42)23(39)12-16-10-19(30)25(40)20(31)11-16)28(43)37-21-14-18(38)7-6-17(21)13-22(37)26(41)34-8-4-5-9-35-29(32)33/h10-11,15,17-18,21-24,38-40H,3-9,12-14H2,1-2H3,(H,34,41)(H,36,42)(H4,32,33,35)/t15-,17-,18+,21-,22-,23+,24+/m0/s1. The second-order valence-electron chi connectivity index (χ2n) is 11.6. The van der Waals surface area contributed by atoms with Gasteiger partial charge in [-0.25, -0.2) is 0 Å². The highest BCUT2D eigenvalue weighted by atomic mass is 79.9. The number of guanidine groups is 1. The van der Waals surface area contributed by atoms with E-state index in [1.165, 1.54) is 0 Å². The minimum atomic E-state index is -1.46. The van der Waals surface area contributed by atoms with Gasteiger partial charge in [0, 0.05) is 25.6 Å². The van der Waals surface area contributed by atoms with Crippen molar-refractivity contribution in [3.05, 3.63) is 26.6 Å². The summed E-state index contributed by atoms with van der Waals surface area (Å²) >= 11 is 6.51. The molecule has 0 bridgehead atoms. The van der Waals surface area contributed by atoms with Gasteiger partial charge in [0.25, 0.3) is 0 Å². The number of carbonyl (C=O) groups excluding carboxylic acids is 3. The molecule has 3 amide bonds. The van der Waals surface area contributed by atoms with Gasteiger partial charge in [-0.15, -0.1) is 0 Å². The summed E-state index contributed by atoms with van der Waals surface area (Å²) in [6, 6.07) is 1.19. The van der Waals surface area contributed by atoms with Crippen molar-refractivity contribution in [1.82, 2.24) is 15.5 Å². The molecule has 1 aromatic rings. The number of rotatable bonds is 13. The molecule has 1 aliphatic heterocycles. The molecule has 12 nitrogen and oxygen atoms in total. The van der Waals surface area contributed by atoms with E-state index in [1.54, 1.807) is 17.0 Å². The van der Waals surface area contributed by atoms with Gasteiger partial charge in [0.05, 0.1) is 15.0 Å². The smallest absolute Gasteiger partial charge is 0.249 e. The first-order valence-electron chi connectivity index (χ1n) is 14.8. The van der Waals surface area contributed by atoms with E-state index in [1.807, 2.05) is 13.8 Å². The van der Waals surface area contributed by atoms with Gasteiger partial charge in [0.1, 0.15) is 23.9 Å². The Balaban J connectivity index is 1.76. The number of halogens is 2. The second-order valence-corrected chi connectivity index (χ2v) is 13.3. The maximum atomic E-state index is 14.2. The number of likely N-dealkylation sites (tertiary alicyclic amines) is 1. The molecule has 0 radical (unpaired) electrons. The van der Waals surface area contributed by atoms with Crippen LogP contribution in [0.3, 0.4) is 0 Å². The molecule has 1 heterocycles. The highest BCUT2D eigenvalue weighted by Gasteiger charge is 2.50. The highest BCUT2D eigenvalue weighted by molar-refractivity contribution is 9.11. The van der Waals surface area contributed by atoms with Crippen LogP contribution in [-0.4, -0.2) is 87.3 Å². The van der Waals surface area contributed by atoms with Gasteiger partial charge in [-0.2, -0.15) is 0 Å². The summed E-state index contributed by atoms with van der Waals surface area (Å²) in [5, 5.41) is 36.9. The number of unbranched alkanes of at least 4 members (excludes halogenated alkanes) is 1. The second kappa shape index (κ2) is 16.1. The monoisotopic (exact) mass is 730 g/mol. The molecule has 1 saturated carbocycles. The van der Waals surface area contributed by atoms with Crippen molar-refractivity contribution < 1.29 is 29.7 Å². The lowest BCUT2D eigenvalue weighted by Gasteiger charge is -2.38. The Morgan fingerprint density at radius 3 is 2.44 bits per heavy atom. The Morgan fingerprint density at radius 1 is 1.14 bits per heavy atom. The molecular weight excluding hydrogens is 688 g/mol. The van der Waals surface area contributed by atoms with E-state index < -0.39 is 30.2 Å². The first-order valence-corrected chi connectivity index (χ1v) is 16.4. The number of carbonyl (C=O) groups is 3. The van der Waals surface area contributed by atoms with Crippen LogP contribution in [0.4, 0.5) is 0 Å². The number of aliphatic hydroxyl groups is 2. The molecule has 9 N–H and O–H groups in total. The zero-order valence-corrected chi connectivity index (χ0v) is 27.8. The molecule has 0 spiro atoms. The first-order chi connectivity index (χ1) is 20.3. The molecule has 2 aliphatic rings. The van der Waals surface area contributed by atoms with E-state index in [9.17, 15) is 29.7 Å². The van der Waals surface area contributed by atoms with Crippen LogP contribution in [0.1, 0.15) is 64.4 Å². The minimum Gasteiger partial charge on any atom is -0.506 e. The molecular formula is C29H44Br2N6O6. The highest BCUT2D eigenvalue weighted by Crippen LogP contribution is 2.41. The SMILES string of the molecule is CC[C@H](C)[C@@H](NC(=O)[C@H](O)Cc1cc(Br)c(O)c(Br)c1)C(=O)N1[C@H](C(=O)NCCCCN=C(N)N)C[C@@H]2CC[C@@H](O)C[C@@H]21. The predicted octanol–water partition coefficient (Wildman–Crippen LogP) is 1.65. The van der Waals surface area contributed by atoms with Crippen molar-refractivity contribution in [3.63, 3.8) is 0 Å². The maximum absolute atomic E-state index is 14.2. The van der Waals surface area contributed by atoms with E-state index in [2.05, 4.69) is 47.5 Å². The molecule has 3 rings (SSSR count). The van der Waals surface area contributed by atoms with Crippen molar-refractivity contribution in [2.24, 2.45) is 28.3 Å². The molecule has 0 aromatic heterocycles. The number of aromatic hydroxyl groups is 1. The number of hydrogen-bond acceptors (Lipinski definition) is 7. The number of nitrogens with one attached hydrogen (secondary N) is 2. The zero-order valence-electron chi connectivity index (χ0n) is 24.6. The van der Waals surface area contributed by atoms with Crippen molar-refractivity contribution in [1.29, 1.82) is 0 Å². The van der Waals surface area contributed by atoms with Gasteiger partial charge in [-0.05, 0) is 99.9 Å². The maximum Gasteiger partial charge on any atom is 0.249 e. The summed E-state index contributed by atoms with van der Waals surface area (Å²) in [4.78, 5) is 46.4. The molecule has 2 fully saturated rings. The summed E-state index contributed by atoms with van der Waals surface area (Å²) in [7, 11) is 0. The van der Waals surface area contributed by atoms with Gasteiger partial charge < -0.3 is 42.3 Å². The van der Waals surface area contributed by atoms with Gasteiger partial charge in [-0.1, -0.05) is 20.3 Å². The molecule has 0 unspecified atom stereocenters. The van der Waals surface area contributed by atoms with Crippen molar-refractivity contribution in [2.45, 2.75) is 95.5 Å². The summed E-state index contributed by atoms with van der Waals surface area (Å²) in [6.07, 6.45) is 2.02. The summed E-state index contributed by atoms with van der Waals surface area (Å²) < 4.78 is 0.821. The number of benzene rings is 1. The van der Waals surface area contributed by atoms with E-state index in [0.717, 1.165) is 0 Å². The van der Waals surface area contributed by atoms with Crippen LogP contribution in [0.15, 0.2) is 26.1 Å². The van der Waals surface area contributed by atoms with Crippen molar-refractivity contribution >= 4 is 55.5 Å². The molecule has 7 atom stereocenters. The van der Waals surface area contributed by atoms with Crippen LogP contribution in [0, 0.1) is 11.8 Å². The number of hydrogen-bond donors (Lipinski definition) is 7. The number of nitrogens with zero attached hydrogens (tertiary/aromatic N) is 2. The Labute approximate surface area is 269 Å². The molecule has 1 aliphatic carbocycles. The third-order valence-corrected chi connectivity index (χ3v) is 9.68. The number of phenols is 1. The van der Waals surface area contributed by atoms with Crippen LogP contribution in [0.5, 0.6) is 5.75 Å². The van der Waals surface area contributed by atoms with Gasteiger partial charge >= 0.3 is 0 Å². The number of aliphatic imine (C=N–C) groups is 1. The summed E-state index contributed by atoms with van der Waals surface area (Å²) in [5.41, 5.74) is 11.3. The van der Waals surface area contributed by atoms with E-state index >= 15 is 0 Å². The fraction of sp³-hybridized carbons (Fsp3) is 0.655. The minimum absolute atomic E-state index is 0.00593. The number of amides is 3. The zero-order chi connectivity index (χ0) is 31.8. The Kier molecular flexibility index (Phi) is 13.1. The third-order valence-electron chi connectivity index (χ3n) is 8.47. The van der Waals surface area contributed by atoms with Gasteiger partial charge in [-0.3, -0.25) is 19.4 Å². The molecule has 1 saturated heterocycles. The number of aliphatic hydroxyl groups excluding tert-OH is 2. The summed E-state index contributed by atoms with van der Waals surface area (Å²) in [5.74, 6) is -1.56. The first kappa shape index (κ1) is 35.1. The topological polar surface area (TPSA) is 204 Å². The van der Waals surface area contributed by atoms with Crippen molar-refractivity contribution in [3.8, 4) is 5.75 Å². The van der Waals surface area contributed by atoms with E-state index in [4.69, 9.17) is 11.5 Å². The normalized spacial score (nSPS) is 23.5. The van der Waals surface area contributed by atoms with Crippen LogP contribution >= 0.6 is 31.9 Å². The van der Waals surface area contributed by atoms with Crippen LogP contribution in [0.25, 0.3) is 0 Å². The number of fused-ring (bicyclic) bond motifs is 1. The Morgan fingerprint density at radius 2 is 1.81 bits per heavy atom. The van der Waals surface area contributed by atoms with E-state index in [0.29, 0.717) is 72.5 Å². The van der Waals surface area contributed by atoms with Crippen molar-refractivity contribution in [2.75, 3.05) is 13.1 Å². The average molecular weight is 733 g/mol. The number of phenolic OH excluding ortho intramolecular Hbond substituents is 1. The number of nitrogens with two attached hydrogens (primary N) is 2. The predicted molar refractivity (Wildman–Crippen MR) is 170 cm³/mol. The fourth-order valence-electron chi connectivity index (χ4n) is 5.90. The molecule has 1 aromatic carbocycles. The van der Waals surface area contributed by atoms with Crippen LogP contribution in [-0.2, 0) is 20.8 Å². The lowest BCUT2D eigenvalue weighted by atomic mass is 9.83. The molecule has 43 heavy (non-hydrogen) atoms. The lowest BCUT2D eigenvalue weighted by molar-refractivity contribution is -0.146. The lowest BCUT2D eigenvalue weighted by Crippen LogP contribution is -2.59. The summed E-state index contributed by atoms with van der Waals surface area (Å²) in [6.45, 7) is 4.61.